The molecule has 0 aromatic carbocycles. The van der Waals surface area contributed by atoms with Gasteiger partial charge >= 0.3 is 0 Å². The predicted octanol–water partition coefficient (Wildman–Crippen LogP) is 0.857. The minimum absolute atomic E-state index is 0.343. The van der Waals surface area contributed by atoms with E-state index in [0.717, 1.165) is 12.2 Å². The van der Waals surface area contributed by atoms with Crippen LogP contribution >= 0.6 is 0 Å². The average Bonchev–Trinajstić information content (AvgIpc) is 2.33. The second-order valence-electron chi connectivity index (χ2n) is 3.88. The SMILES string of the molecule is CC(C)Cn1cc(CC(C)O)nn1. The number of aliphatic hydroxyl groups excluding tert-OH is 1. The van der Waals surface area contributed by atoms with Crippen molar-refractivity contribution in [2.75, 3.05) is 0 Å². The highest BCUT2D eigenvalue weighted by Gasteiger charge is 2.04. The van der Waals surface area contributed by atoms with Crippen molar-refractivity contribution in [2.45, 2.75) is 39.8 Å². The van der Waals surface area contributed by atoms with E-state index in [1.165, 1.54) is 0 Å². The Hall–Kier alpha value is -0.900. The summed E-state index contributed by atoms with van der Waals surface area (Å²) in [5.41, 5.74) is 0.857. The molecule has 4 heteroatoms. The molecule has 1 atom stereocenters. The average molecular weight is 183 g/mol. The maximum absolute atomic E-state index is 9.12. The van der Waals surface area contributed by atoms with Crippen LogP contribution in [0, 0.1) is 5.92 Å². The van der Waals surface area contributed by atoms with Crippen LogP contribution in [0.15, 0.2) is 6.20 Å². The van der Waals surface area contributed by atoms with E-state index in [-0.39, 0.29) is 6.10 Å². The van der Waals surface area contributed by atoms with Crippen LogP contribution in [0.1, 0.15) is 26.5 Å². The number of aromatic nitrogens is 3. The Morgan fingerprint density at radius 2 is 2.15 bits per heavy atom. The number of aliphatic hydroxyl groups is 1. The summed E-state index contributed by atoms with van der Waals surface area (Å²) in [4.78, 5) is 0. The molecule has 0 amide bonds. The molecule has 1 heterocycles. The van der Waals surface area contributed by atoms with Crippen molar-refractivity contribution >= 4 is 0 Å². The third kappa shape index (κ3) is 3.55. The van der Waals surface area contributed by atoms with Gasteiger partial charge in [0.15, 0.2) is 0 Å². The monoisotopic (exact) mass is 183 g/mol. The first-order valence-corrected chi connectivity index (χ1v) is 4.65. The lowest BCUT2D eigenvalue weighted by Crippen LogP contribution is -2.05. The molecule has 0 radical (unpaired) electrons. The van der Waals surface area contributed by atoms with Gasteiger partial charge in [-0.25, -0.2) is 0 Å². The van der Waals surface area contributed by atoms with Gasteiger partial charge in [0.1, 0.15) is 0 Å². The van der Waals surface area contributed by atoms with Crippen LogP contribution in [0.5, 0.6) is 0 Å². The van der Waals surface area contributed by atoms with Crippen molar-refractivity contribution in [3.63, 3.8) is 0 Å². The van der Waals surface area contributed by atoms with E-state index >= 15 is 0 Å². The Balaban J connectivity index is 2.53. The summed E-state index contributed by atoms with van der Waals surface area (Å²) in [6.07, 6.45) is 2.13. The highest BCUT2D eigenvalue weighted by atomic mass is 16.3. The van der Waals surface area contributed by atoms with Crippen LogP contribution in [0.2, 0.25) is 0 Å². The van der Waals surface area contributed by atoms with Crippen molar-refractivity contribution < 1.29 is 5.11 Å². The Bertz CT molecular complexity index is 231. The Kier molecular flexibility index (Phi) is 3.42. The minimum atomic E-state index is -0.343. The summed E-state index contributed by atoms with van der Waals surface area (Å²) >= 11 is 0. The van der Waals surface area contributed by atoms with Gasteiger partial charge in [-0.15, -0.1) is 5.10 Å². The molecule has 0 saturated heterocycles. The molecule has 1 aromatic rings. The third-order valence-corrected chi connectivity index (χ3v) is 1.64. The molecule has 0 aliphatic rings. The van der Waals surface area contributed by atoms with E-state index in [0.29, 0.717) is 12.3 Å². The Morgan fingerprint density at radius 3 is 2.69 bits per heavy atom. The van der Waals surface area contributed by atoms with Gasteiger partial charge in [0.25, 0.3) is 0 Å². The molecule has 13 heavy (non-hydrogen) atoms. The molecular weight excluding hydrogens is 166 g/mol. The molecule has 1 aromatic heterocycles. The van der Waals surface area contributed by atoms with Gasteiger partial charge in [0, 0.05) is 19.2 Å². The van der Waals surface area contributed by atoms with Gasteiger partial charge in [-0.2, -0.15) is 0 Å². The zero-order valence-electron chi connectivity index (χ0n) is 8.44. The molecule has 0 spiro atoms. The highest BCUT2D eigenvalue weighted by molar-refractivity contribution is 4.93. The quantitative estimate of drug-likeness (QED) is 0.753. The molecule has 74 valence electrons. The standard InChI is InChI=1S/C9H17N3O/c1-7(2)5-12-6-9(10-11-12)4-8(3)13/h6-8,13H,4-5H2,1-3H3. The maximum atomic E-state index is 9.12. The fourth-order valence-electron chi connectivity index (χ4n) is 1.20. The van der Waals surface area contributed by atoms with Crippen molar-refractivity contribution in [2.24, 2.45) is 5.92 Å². The van der Waals surface area contributed by atoms with Gasteiger partial charge in [-0.1, -0.05) is 19.1 Å². The van der Waals surface area contributed by atoms with E-state index in [9.17, 15) is 0 Å². The predicted molar refractivity (Wildman–Crippen MR) is 50.2 cm³/mol. The molecule has 0 aliphatic heterocycles. The van der Waals surface area contributed by atoms with Gasteiger partial charge in [-0.3, -0.25) is 4.68 Å². The van der Waals surface area contributed by atoms with Gasteiger partial charge in [-0.05, 0) is 12.8 Å². The molecule has 1 unspecified atom stereocenters. The van der Waals surface area contributed by atoms with E-state index in [4.69, 9.17) is 5.11 Å². The van der Waals surface area contributed by atoms with E-state index in [1.54, 1.807) is 6.92 Å². The topological polar surface area (TPSA) is 50.9 Å². The van der Waals surface area contributed by atoms with Crippen LogP contribution in [0.25, 0.3) is 0 Å². The third-order valence-electron chi connectivity index (χ3n) is 1.64. The largest absolute Gasteiger partial charge is 0.393 e. The van der Waals surface area contributed by atoms with E-state index in [1.807, 2.05) is 10.9 Å². The first-order chi connectivity index (χ1) is 6.08. The lowest BCUT2D eigenvalue weighted by atomic mass is 10.2. The fourth-order valence-corrected chi connectivity index (χ4v) is 1.20. The summed E-state index contributed by atoms with van der Waals surface area (Å²) < 4.78 is 1.82. The van der Waals surface area contributed by atoms with E-state index < -0.39 is 0 Å². The lowest BCUT2D eigenvalue weighted by molar-refractivity contribution is 0.194. The zero-order chi connectivity index (χ0) is 9.84. The zero-order valence-corrected chi connectivity index (χ0v) is 8.44. The van der Waals surface area contributed by atoms with Crippen LogP contribution < -0.4 is 0 Å². The summed E-state index contributed by atoms with van der Waals surface area (Å²) in [6.45, 7) is 6.90. The van der Waals surface area contributed by atoms with Crippen molar-refractivity contribution in [3.05, 3.63) is 11.9 Å². The molecule has 0 bridgehead atoms. The lowest BCUT2D eigenvalue weighted by Gasteiger charge is -2.02. The van der Waals surface area contributed by atoms with Crippen LogP contribution in [-0.2, 0) is 13.0 Å². The first kappa shape index (κ1) is 10.2. The summed E-state index contributed by atoms with van der Waals surface area (Å²) in [5, 5.41) is 17.0. The Morgan fingerprint density at radius 1 is 1.46 bits per heavy atom. The minimum Gasteiger partial charge on any atom is -0.393 e. The molecule has 4 nitrogen and oxygen atoms in total. The van der Waals surface area contributed by atoms with Gasteiger partial charge < -0.3 is 5.11 Å². The van der Waals surface area contributed by atoms with Crippen LogP contribution in [-0.4, -0.2) is 26.2 Å². The fraction of sp³-hybridized carbons (Fsp3) is 0.778. The molecular formula is C9H17N3O. The normalized spacial score (nSPS) is 13.6. The number of rotatable bonds is 4. The van der Waals surface area contributed by atoms with Gasteiger partial charge in [0.2, 0.25) is 0 Å². The van der Waals surface area contributed by atoms with Crippen LogP contribution in [0.4, 0.5) is 0 Å². The number of nitrogens with zero attached hydrogens (tertiary/aromatic N) is 3. The summed E-state index contributed by atoms with van der Waals surface area (Å²) in [6, 6.07) is 0. The number of hydrogen-bond acceptors (Lipinski definition) is 3. The number of hydrogen-bond donors (Lipinski definition) is 1. The smallest absolute Gasteiger partial charge is 0.0852 e. The van der Waals surface area contributed by atoms with E-state index in [2.05, 4.69) is 24.2 Å². The molecule has 0 aliphatic carbocycles. The molecule has 0 fully saturated rings. The molecule has 1 rings (SSSR count). The maximum Gasteiger partial charge on any atom is 0.0852 e. The summed E-state index contributed by atoms with van der Waals surface area (Å²) in [5.74, 6) is 0.570. The second kappa shape index (κ2) is 4.37. The van der Waals surface area contributed by atoms with Gasteiger partial charge in [0.05, 0.1) is 11.8 Å². The van der Waals surface area contributed by atoms with Crippen molar-refractivity contribution in [1.29, 1.82) is 0 Å². The summed E-state index contributed by atoms with van der Waals surface area (Å²) in [7, 11) is 0. The second-order valence-corrected chi connectivity index (χ2v) is 3.88. The molecule has 1 N–H and O–H groups in total. The van der Waals surface area contributed by atoms with Crippen LogP contribution in [0.3, 0.4) is 0 Å². The van der Waals surface area contributed by atoms with Crippen molar-refractivity contribution in [3.8, 4) is 0 Å². The Labute approximate surface area is 78.6 Å². The molecule has 0 saturated carbocycles. The highest BCUT2D eigenvalue weighted by Crippen LogP contribution is 2.01. The van der Waals surface area contributed by atoms with Crippen molar-refractivity contribution in [1.82, 2.24) is 15.0 Å². The first-order valence-electron chi connectivity index (χ1n) is 4.65.